The van der Waals surface area contributed by atoms with Gasteiger partial charge in [-0.2, -0.15) is 0 Å². The van der Waals surface area contributed by atoms with E-state index in [4.69, 9.17) is 4.42 Å². The summed E-state index contributed by atoms with van der Waals surface area (Å²) in [6, 6.07) is 14.2. The number of fused-ring (bicyclic) bond motifs is 1. The van der Waals surface area contributed by atoms with E-state index < -0.39 is 11.7 Å². The van der Waals surface area contributed by atoms with Gasteiger partial charge in [-0.05, 0) is 37.1 Å². The smallest absolute Gasteiger partial charge is 0.362 e. The van der Waals surface area contributed by atoms with Crippen LogP contribution in [0.25, 0.3) is 11.0 Å². The first-order chi connectivity index (χ1) is 12.6. The molecule has 26 heavy (non-hydrogen) atoms. The number of nitrogens with one attached hydrogen (secondary N) is 3. The van der Waals surface area contributed by atoms with Crippen molar-refractivity contribution < 1.29 is 9.21 Å². The van der Waals surface area contributed by atoms with Crippen LogP contribution in [0.5, 0.6) is 0 Å². The van der Waals surface area contributed by atoms with E-state index in [-0.39, 0.29) is 5.69 Å². The molecule has 0 radical (unpaired) electrons. The van der Waals surface area contributed by atoms with Gasteiger partial charge in [0, 0.05) is 17.6 Å². The van der Waals surface area contributed by atoms with Crippen LogP contribution < -0.4 is 21.6 Å². The van der Waals surface area contributed by atoms with Crippen LogP contribution in [0.3, 0.4) is 0 Å². The Morgan fingerprint density at radius 1 is 1.00 bits per heavy atom. The molecule has 0 unspecified atom stereocenters. The van der Waals surface area contributed by atoms with Gasteiger partial charge in [-0.1, -0.05) is 37.3 Å². The lowest BCUT2D eigenvalue weighted by Gasteiger charge is -2.15. The Labute approximate surface area is 151 Å². The van der Waals surface area contributed by atoms with Crippen LogP contribution in [0.4, 0.5) is 21.9 Å². The van der Waals surface area contributed by atoms with Crippen molar-refractivity contribution in [1.29, 1.82) is 0 Å². The maximum absolute atomic E-state index is 12.4. The summed E-state index contributed by atoms with van der Waals surface area (Å²) in [6.07, 6.45) is 0.878. The lowest BCUT2D eigenvalue weighted by Crippen LogP contribution is -2.25. The molecule has 0 aliphatic rings. The van der Waals surface area contributed by atoms with Crippen LogP contribution in [0, 0.1) is 6.92 Å². The minimum atomic E-state index is -0.595. The molecule has 0 atom stereocenters. The fourth-order valence-corrected chi connectivity index (χ4v) is 2.68. The van der Waals surface area contributed by atoms with Crippen molar-refractivity contribution in [3.05, 3.63) is 64.5 Å². The molecule has 3 aromatic rings. The topological polar surface area (TPSA) is 83.4 Å². The van der Waals surface area contributed by atoms with Crippen LogP contribution >= 0.6 is 0 Å². The summed E-state index contributed by atoms with van der Waals surface area (Å²) in [5.41, 5.74) is 2.15. The number of rotatable bonds is 5. The number of hydrogen-bond donors (Lipinski definition) is 3. The minimum absolute atomic E-state index is 0.100. The zero-order valence-electron chi connectivity index (χ0n) is 14.8. The van der Waals surface area contributed by atoms with Crippen molar-refractivity contribution in [1.82, 2.24) is 0 Å². The molecule has 0 fully saturated rings. The number of aryl methyl sites for hydroxylation is 1. The van der Waals surface area contributed by atoms with Crippen LogP contribution in [-0.4, -0.2) is 12.6 Å². The first kappa shape index (κ1) is 17.5. The molecular formula is C20H21N3O3. The quantitative estimate of drug-likeness (QED) is 0.588. The molecule has 2 aromatic carbocycles. The van der Waals surface area contributed by atoms with Gasteiger partial charge in [-0.3, -0.25) is 5.32 Å². The van der Waals surface area contributed by atoms with Crippen LogP contribution in [-0.2, 0) is 0 Å². The van der Waals surface area contributed by atoms with Crippen molar-refractivity contribution >= 4 is 34.1 Å². The number of urea groups is 1. The highest BCUT2D eigenvalue weighted by Gasteiger charge is 2.17. The summed E-state index contributed by atoms with van der Waals surface area (Å²) in [4.78, 5) is 24.8. The van der Waals surface area contributed by atoms with E-state index in [1.807, 2.05) is 44.2 Å². The highest BCUT2D eigenvalue weighted by atomic mass is 16.4. The first-order valence-corrected chi connectivity index (χ1v) is 8.53. The summed E-state index contributed by atoms with van der Waals surface area (Å²) >= 11 is 0. The highest BCUT2D eigenvalue weighted by molar-refractivity contribution is 6.05. The normalized spacial score (nSPS) is 10.5. The summed E-state index contributed by atoms with van der Waals surface area (Å²) in [5.74, 6) is 0. The van der Waals surface area contributed by atoms with Gasteiger partial charge in [0.15, 0.2) is 5.69 Å². The van der Waals surface area contributed by atoms with Gasteiger partial charge in [0.05, 0.1) is 5.69 Å². The predicted octanol–water partition coefficient (Wildman–Crippen LogP) is 4.57. The lowest BCUT2D eigenvalue weighted by molar-refractivity contribution is 0.262. The van der Waals surface area contributed by atoms with Gasteiger partial charge in [0.1, 0.15) is 5.58 Å². The molecule has 3 rings (SSSR count). The molecule has 6 nitrogen and oxygen atoms in total. The van der Waals surface area contributed by atoms with E-state index in [0.29, 0.717) is 23.5 Å². The van der Waals surface area contributed by atoms with E-state index in [0.717, 1.165) is 17.4 Å². The maximum atomic E-state index is 12.4. The molecule has 0 saturated heterocycles. The Bertz CT molecular complexity index is 995. The number of amides is 2. The Kier molecular flexibility index (Phi) is 5.22. The molecule has 3 N–H and O–H groups in total. The van der Waals surface area contributed by atoms with Gasteiger partial charge in [0.25, 0.3) is 0 Å². The molecule has 2 amide bonds. The van der Waals surface area contributed by atoms with Crippen LogP contribution in [0.15, 0.2) is 57.7 Å². The third-order valence-corrected chi connectivity index (χ3v) is 4.00. The third-order valence-electron chi connectivity index (χ3n) is 4.00. The summed E-state index contributed by atoms with van der Waals surface area (Å²) in [6.45, 7) is 4.59. The molecule has 6 heteroatoms. The minimum Gasteiger partial charge on any atom is -0.421 e. The fourth-order valence-electron chi connectivity index (χ4n) is 2.68. The number of carbonyl (C=O) groups excluding carboxylic acids is 1. The fraction of sp³-hybridized carbons (Fsp3) is 0.200. The molecule has 0 saturated carbocycles. The lowest BCUT2D eigenvalue weighted by atomic mass is 10.2. The number of hydrogen-bond acceptors (Lipinski definition) is 4. The van der Waals surface area contributed by atoms with E-state index in [1.165, 1.54) is 0 Å². The van der Waals surface area contributed by atoms with Crippen LogP contribution in [0.2, 0.25) is 0 Å². The Balaban J connectivity index is 1.95. The van der Waals surface area contributed by atoms with Crippen molar-refractivity contribution in [2.75, 3.05) is 22.5 Å². The molecule has 1 aromatic heterocycles. The summed E-state index contributed by atoms with van der Waals surface area (Å²) in [7, 11) is 0. The molecule has 0 bridgehead atoms. The Morgan fingerprint density at radius 2 is 1.73 bits per heavy atom. The van der Waals surface area contributed by atoms with Crippen molar-refractivity contribution in [2.45, 2.75) is 20.3 Å². The Hall–Kier alpha value is -3.28. The van der Waals surface area contributed by atoms with Gasteiger partial charge in [-0.15, -0.1) is 0 Å². The Morgan fingerprint density at radius 3 is 2.50 bits per heavy atom. The van der Waals surface area contributed by atoms with Gasteiger partial charge >= 0.3 is 11.7 Å². The van der Waals surface area contributed by atoms with Crippen molar-refractivity contribution in [2.24, 2.45) is 0 Å². The predicted molar refractivity (Wildman–Crippen MR) is 105 cm³/mol. The third kappa shape index (κ3) is 3.69. The number of anilines is 3. The SMILES string of the molecule is CCCNc1c(NC(=O)Nc2ccccc2C)c(=O)oc2ccccc12. The standard InChI is InChI=1S/C20H21N3O3/c1-3-12-21-17-14-9-5-7-11-16(14)26-19(24)18(17)23-20(25)22-15-10-6-4-8-13(15)2/h4-11,21H,3,12H2,1-2H3,(H2,22,23,25). The van der Waals surface area contributed by atoms with E-state index in [2.05, 4.69) is 16.0 Å². The van der Waals surface area contributed by atoms with Gasteiger partial charge in [0.2, 0.25) is 0 Å². The zero-order valence-corrected chi connectivity index (χ0v) is 14.8. The second-order valence-electron chi connectivity index (χ2n) is 5.96. The maximum Gasteiger partial charge on any atom is 0.362 e. The summed E-state index contributed by atoms with van der Waals surface area (Å²) < 4.78 is 5.35. The van der Waals surface area contributed by atoms with Crippen molar-refractivity contribution in [3.63, 3.8) is 0 Å². The van der Waals surface area contributed by atoms with Gasteiger partial charge in [-0.25, -0.2) is 9.59 Å². The average molecular weight is 351 g/mol. The van der Waals surface area contributed by atoms with E-state index in [1.54, 1.807) is 18.2 Å². The molecule has 0 aliphatic heterocycles. The largest absolute Gasteiger partial charge is 0.421 e. The molecule has 1 heterocycles. The number of benzene rings is 2. The number of para-hydroxylation sites is 2. The summed E-state index contributed by atoms with van der Waals surface area (Å²) in [5, 5.41) is 9.36. The molecule has 0 aliphatic carbocycles. The van der Waals surface area contributed by atoms with Crippen LogP contribution in [0.1, 0.15) is 18.9 Å². The zero-order chi connectivity index (χ0) is 18.5. The van der Waals surface area contributed by atoms with Gasteiger partial charge < -0.3 is 15.1 Å². The highest BCUT2D eigenvalue weighted by Crippen LogP contribution is 2.28. The molecular weight excluding hydrogens is 330 g/mol. The van der Waals surface area contributed by atoms with E-state index >= 15 is 0 Å². The van der Waals surface area contributed by atoms with E-state index in [9.17, 15) is 9.59 Å². The van der Waals surface area contributed by atoms with Crippen molar-refractivity contribution in [3.8, 4) is 0 Å². The average Bonchev–Trinajstić information content (AvgIpc) is 2.63. The molecule has 0 spiro atoms. The first-order valence-electron chi connectivity index (χ1n) is 8.53. The number of carbonyl (C=O) groups is 1. The second kappa shape index (κ2) is 7.74. The second-order valence-corrected chi connectivity index (χ2v) is 5.96. The molecule has 134 valence electrons. The monoisotopic (exact) mass is 351 g/mol.